The molecule has 10 nitrogen and oxygen atoms in total. The number of carboxylic acid groups (broad SMARTS) is 1. The number of nitrogens with zero attached hydrogens (tertiary/aromatic N) is 7. The number of aromatic nitrogens is 5. The van der Waals surface area contributed by atoms with Crippen LogP contribution >= 0.6 is 0 Å². The summed E-state index contributed by atoms with van der Waals surface area (Å²) >= 11 is 0. The first-order valence-electron chi connectivity index (χ1n) is 10.9. The molecule has 1 saturated heterocycles. The van der Waals surface area contributed by atoms with E-state index >= 15 is 0 Å². The van der Waals surface area contributed by atoms with Crippen molar-refractivity contribution in [3.63, 3.8) is 0 Å². The van der Waals surface area contributed by atoms with Gasteiger partial charge in [-0.25, -0.2) is 19.7 Å². The zero-order chi connectivity index (χ0) is 22.2. The van der Waals surface area contributed by atoms with Crippen molar-refractivity contribution in [2.75, 3.05) is 43.4 Å². The van der Waals surface area contributed by atoms with Crippen molar-refractivity contribution in [1.82, 2.24) is 29.6 Å². The minimum absolute atomic E-state index is 0.113. The van der Waals surface area contributed by atoms with Gasteiger partial charge in [-0.1, -0.05) is 0 Å². The molecule has 0 radical (unpaired) electrons. The highest BCUT2D eigenvalue weighted by atomic mass is 16.4. The van der Waals surface area contributed by atoms with Gasteiger partial charge in [0.15, 0.2) is 5.69 Å². The van der Waals surface area contributed by atoms with E-state index in [4.69, 9.17) is 4.98 Å². The second-order valence-corrected chi connectivity index (χ2v) is 8.18. The highest BCUT2D eigenvalue weighted by molar-refractivity contribution is 5.90. The summed E-state index contributed by atoms with van der Waals surface area (Å²) in [6.07, 6.45) is 4.99. The van der Waals surface area contributed by atoms with Crippen LogP contribution in [0.2, 0.25) is 0 Å². The van der Waals surface area contributed by atoms with Crippen molar-refractivity contribution in [3.8, 4) is 11.4 Å². The van der Waals surface area contributed by atoms with Crippen molar-refractivity contribution in [2.45, 2.75) is 26.3 Å². The van der Waals surface area contributed by atoms with Crippen LogP contribution in [0.3, 0.4) is 0 Å². The van der Waals surface area contributed by atoms with Crippen LogP contribution in [0.1, 0.15) is 28.5 Å². The van der Waals surface area contributed by atoms with Crippen LogP contribution in [0.5, 0.6) is 0 Å². The Morgan fingerprint density at radius 1 is 1.12 bits per heavy atom. The molecule has 10 heteroatoms. The van der Waals surface area contributed by atoms with Crippen molar-refractivity contribution in [3.05, 3.63) is 41.3 Å². The van der Waals surface area contributed by atoms with Gasteiger partial charge in [-0.15, -0.1) is 0 Å². The number of rotatable bonds is 5. The molecule has 1 aliphatic carbocycles. The summed E-state index contributed by atoms with van der Waals surface area (Å²) < 4.78 is 1.72. The zero-order valence-electron chi connectivity index (χ0n) is 18.2. The van der Waals surface area contributed by atoms with Crippen LogP contribution in [0.15, 0.2) is 24.5 Å². The molecule has 166 valence electrons. The Labute approximate surface area is 185 Å². The summed E-state index contributed by atoms with van der Waals surface area (Å²) in [4.78, 5) is 30.0. The van der Waals surface area contributed by atoms with Crippen molar-refractivity contribution in [2.24, 2.45) is 0 Å². The van der Waals surface area contributed by atoms with E-state index in [9.17, 15) is 9.90 Å². The highest BCUT2D eigenvalue weighted by Crippen LogP contribution is 2.34. The Balaban J connectivity index is 1.40. The Morgan fingerprint density at radius 3 is 2.62 bits per heavy atom. The fourth-order valence-electron chi connectivity index (χ4n) is 4.34. The van der Waals surface area contributed by atoms with Gasteiger partial charge in [-0.2, -0.15) is 5.10 Å². The van der Waals surface area contributed by atoms with Gasteiger partial charge in [0.05, 0.1) is 23.3 Å². The van der Waals surface area contributed by atoms with Gasteiger partial charge in [0.2, 0.25) is 5.95 Å². The number of likely N-dealkylation sites (N-methyl/N-ethyl adjacent to an activating group) is 1. The van der Waals surface area contributed by atoms with E-state index in [1.807, 2.05) is 19.2 Å². The van der Waals surface area contributed by atoms with Gasteiger partial charge in [0.1, 0.15) is 5.82 Å². The summed E-state index contributed by atoms with van der Waals surface area (Å²) in [5.41, 5.74) is 4.46. The van der Waals surface area contributed by atoms with Gasteiger partial charge in [-0.3, -0.25) is 4.68 Å². The number of hydrogen-bond donors (Lipinski definition) is 2. The van der Waals surface area contributed by atoms with E-state index in [1.165, 1.54) is 0 Å². The molecule has 3 aromatic rings. The van der Waals surface area contributed by atoms with Crippen LogP contribution in [0.25, 0.3) is 11.4 Å². The first-order valence-corrected chi connectivity index (χ1v) is 10.9. The molecule has 32 heavy (non-hydrogen) atoms. The van der Waals surface area contributed by atoms with E-state index in [-0.39, 0.29) is 5.69 Å². The Bertz CT molecular complexity index is 1150. The molecule has 3 aromatic heterocycles. The molecule has 0 spiro atoms. The molecule has 0 aromatic carbocycles. The van der Waals surface area contributed by atoms with E-state index in [1.54, 1.807) is 10.9 Å². The van der Waals surface area contributed by atoms with Gasteiger partial charge in [0, 0.05) is 44.5 Å². The third kappa shape index (κ3) is 3.66. The topological polar surface area (TPSA) is 112 Å². The Hall–Kier alpha value is -3.53. The Morgan fingerprint density at radius 2 is 1.94 bits per heavy atom. The summed E-state index contributed by atoms with van der Waals surface area (Å²) in [6.45, 7) is 6.58. The minimum atomic E-state index is -1.01. The molecule has 0 amide bonds. The quantitative estimate of drug-likeness (QED) is 0.623. The predicted octanol–water partition coefficient (Wildman–Crippen LogP) is 2.05. The maximum absolute atomic E-state index is 11.6. The number of aromatic carboxylic acids is 1. The molecule has 4 heterocycles. The van der Waals surface area contributed by atoms with E-state index in [0.29, 0.717) is 31.2 Å². The number of piperazine rings is 1. The average molecular weight is 435 g/mol. The van der Waals surface area contributed by atoms with E-state index < -0.39 is 5.97 Å². The standard InChI is InChI=1S/C22H26N8O2/c1-3-30-20-16(19(27-30)21(31)32)6-4-14-12-24-22(26-18(14)20)25-17-7-5-15(13-23-17)29-10-8-28(2)9-11-29/h5,7,12-13H,3-4,6,8-11H2,1-2H3,(H,31,32)(H,23,24,25,26). The minimum Gasteiger partial charge on any atom is -0.476 e. The van der Waals surface area contributed by atoms with Gasteiger partial charge in [0.25, 0.3) is 0 Å². The van der Waals surface area contributed by atoms with Crippen LogP contribution in [0, 0.1) is 0 Å². The lowest BCUT2D eigenvalue weighted by atomic mass is 9.93. The fraction of sp³-hybridized carbons (Fsp3) is 0.409. The van der Waals surface area contributed by atoms with E-state index in [2.05, 4.69) is 43.3 Å². The SMILES string of the molecule is CCn1nc(C(=O)O)c2c1-c1nc(Nc3ccc(N4CCN(C)CC4)cn3)ncc1CC2. The third-order valence-corrected chi connectivity index (χ3v) is 6.14. The lowest BCUT2D eigenvalue weighted by Crippen LogP contribution is -2.44. The average Bonchev–Trinajstić information content (AvgIpc) is 3.20. The number of nitrogens with one attached hydrogen (secondary N) is 1. The molecule has 2 aliphatic rings. The number of pyridine rings is 1. The molecule has 0 unspecified atom stereocenters. The number of hydrogen-bond acceptors (Lipinski definition) is 8. The molecular weight excluding hydrogens is 408 g/mol. The first kappa shape index (κ1) is 20.4. The molecule has 0 saturated carbocycles. The molecule has 0 atom stereocenters. The van der Waals surface area contributed by atoms with Crippen LogP contribution in [0.4, 0.5) is 17.5 Å². The highest BCUT2D eigenvalue weighted by Gasteiger charge is 2.29. The number of carboxylic acids is 1. The predicted molar refractivity (Wildman–Crippen MR) is 121 cm³/mol. The summed E-state index contributed by atoms with van der Waals surface area (Å²) in [5, 5.41) is 17.0. The van der Waals surface area contributed by atoms with Gasteiger partial charge in [-0.05, 0) is 44.5 Å². The van der Waals surface area contributed by atoms with Crippen molar-refractivity contribution in [1.29, 1.82) is 0 Å². The maximum atomic E-state index is 11.6. The maximum Gasteiger partial charge on any atom is 0.356 e. The Kier molecular flexibility index (Phi) is 5.22. The van der Waals surface area contributed by atoms with Gasteiger partial charge < -0.3 is 20.2 Å². The molecule has 1 aliphatic heterocycles. The molecule has 5 rings (SSSR count). The normalized spacial score (nSPS) is 15.9. The number of anilines is 3. The van der Waals surface area contributed by atoms with Crippen LogP contribution < -0.4 is 10.2 Å². The first-order chi connectivity index (χ1) is 15.5. The smallest absolute Gasteiger partial charge is 0.356 e. The lowest BCUT2D eigenvalue weighted by molar-refractivity contribution is 0.0688. The van der Waals surface area contributed by atoms with Gasteiger partial charge >= 0.3 is 5.97 Å². The monoisotopic (exact) mass is 434 g/mol. The second-order valence-electron chi connectivity index (χ2n) is 8.18. The third-order valence-electron chi connectivity index (χ3n) is 6.14. The summed E-state index contributed by atoms with van der Waals surface area (Å²) in [7, 11) is 2.14. The number of fused-ring (bicyclic) bond motifs is 3. The molecular formula is C22H26N8O2. The molecule has 0 bridgehead atoms. The summed E-state index contributed by atoms with van der Waals surface area (Å²) in [6, 6.07) is 3.99. The molecule has 2 N–H and O–H groups in total. The van der Waals surface area contributed by atoms with Crippen molar-refractivity contribution >= 4 is 23.4 Å². The zero-order valence-corrected chi connectivity index (χ0v) is 18.2. The second kappa shape index (κ2) is 8.19. The molecule has 1 fully saturated rings. The summed E-state index contributed by atoms with van der Waals surface area (Å²) in [5.74, 6) is 0.0835. The lowest BCUT2D eigenvalue weighted by Gasteiger charge is -2.33. The fourth-order valence-corrected chi connectivity index (χ4v) is 4.34. The largest absolute Gasteiger partial charge is 0.476 e. The van der Waals surface area contributed by atoms with Crippen LogP contribution in [-0.4, -0.2) is 73.9 Å². The van der Waals surface area contributed by atoms with Crippen molar-refractivity contribution < 1.29 is 9.90 Å². The van der Waals surface area contributed by atoms with E-state index in [0.717, 1.165) is 54.4 Å². The van der Waals surface area contributed by atoms with Crippen LogP contribution in [-0.2, 0) is 19.4 Å². The number of aryl methyl sites for hydroxylation is 2. The number of carbonyl (C=O) groups is 1.